The van der Waals surface area contributed by atoms with Gasteiger partial charge in [-0.15, -0.1) is 0 Å². The van der Waals surface area contributed by atoms with Crippen LogP contribution in [0.4, 0.5) is 0 Å². The number of aryl methyl sites for hydroxylation is 1. The van der Waals surface area contributed by atoms with Gasteiger partial charge in [-0.25, -0.2) is 0 Å². The molecule has 3 atom stereocenters. The summed E-state index contributed by atoms with van der Waals surface area (Å²) < 4.78 is 6.23. The number of aliphatic hydroxyl groups is 1. The van der Waals surface area contributed by atoms with Gasteiger partial charge in [0.15, 0.2) is 23.0 Å². The zero-order valence-corrected chi connectivity index (χ0v) is 18.7. The molecule has 8 nitrogen and oxygen atoms in total. The zero-order chi connectivity index (χ0) is 24.7. The lowest BCUT2D eigenvalue weighted by atomic mass is 9.81. The molecule has 0 saturated heterocycles. The van der Waals surface area contributed by atoms with Crippen LogP contribution in [0.2, 0.25) is 0 Å². The van der Waals surface area contributed by atoms with Crippen LogP contribution in [0, 0.1) is 6.92 Å². The van der Waals surface area contributed by atoms with Gasteiger partial charge in [-0.1, -0.05) is 12.1 Å². The minimum absolute atomic E-state index is 0.0500. The Morgan fingerprint density at radius 2 is 1.59 bits per heavy atom. The number of phenols is 5. The van der Waals surface area contributed by atoms with Gasteiger partial charge in [0.1, 0.15) is 23.4 Å². The van der Waals surface area contributed by atoms with E-state index in [0.29, 0.717) is 33.6 Å². The second-order valence-electron chi connectivity index (χ2n) is 8.70. The van der Waals surface area contributed by atoms with Crippen molar-refractivity contribution in [2.75, 3.05) is 0 Å². The molecule has 0 bridgehead atoms. The van der Waals surface area contributed by atoms with Crippen molar-refractivity contribution in [2.45, 2.75) is 44.8 Å². The number of rotatable bonds is 5. The maximum absolute atomic E-state index is 12.2. The Morgan fingerprint density at radius 1 is 0.941 bits per heavy atom. The van der Waals surface area contributed by atoms with Crippen molar-refractivity contribution in [3.8, 4) is 34.5 Å². The molecule has 0 amide bonds. The Morgan fingerprint density at radius 3 is 2.21 bits per heavy atom. The Kier molecular flexibility index (Phi) is 6.01. The molecule has 178 valence electrons. The highest BCUT2D eigenvalue weighted by Crippen LogP contribution is 2.48. The summed E-state index contributed by atoms with van der Waals surface area (Å²) in [5.74, 6) is -1.72. The van der Waals surface area contributed by atoms with E-state index in [0.717, 1.165) is 0 Å². The highest BCUT2D eigenvalue weighted by Gasteiger charge is 2.36. The lowest BCUT2D eigenvalue weighted by Gasteiger charge is -2.35. The maximum Gasteiger partial charge on any atom is 0.157 e. The summed E-state index contributed by atoms with van der Waals surface area (Å²) in [7, 11) is 0. The zero-order valence-electron chi connectivity index (χ0n) is 18.7. The summed E-state index contributed by atoms with van der Waals surface area (Å²) in [5.41, 5.74) is 2.61. The first-order chi connectivity index (χ1) is 16.1. The number of aromatic hydroxyl groups is 5. The van der Waals surface area contributed by atoms with Crippen LogP contribution in [-0.4, -0.2) is 42.5 Å². The summed E-state index contributed by atoms with van der Waals surface area (Å²) in [6.45, 7) is 3.21. The minimum Gasteiger partial charge on any atom is -0.508 e. The number of fused-ring (bicyclic) bond motifs is 1. The number of phenolic OH excluding ortho intramolecular Hbond substituents is 5. The molecule has 0 aromatic heterocycles. The first-order valence-electron chi connectivity index (χ1n) is 10.8. The van der Waals surface area contributed by atoms with Gasteiger partial charge in [0.05, 0.1) is 6.10 Å². The van der Waals surface area contributed by atoms with Crippen molar-refractivity contribution in [3.05, 3.63) is 70.3 Å². The van der Waals surface area contributed by atoms with Crippen LogP contribution < -0.4 is 4.74 Å². The number of ether oxygens (including phenoxy) is 1. The van der Waals surface area contributed by atoms with Crippen molar-refractivity contribution < 1.29 is 40.2 Å². The monoisotopic (exact) mass is 466 g/mol. The Bertz CT molecular complexity index is 1270. The minimum atomic E-state index is -1.05. The molecule has 8 heteroatoms. The number of hydrogen-bond donors (Lipinski definition) is 6. The van der Waals surface area contributed by atoms with Crippen molar-refractivity contribution >= 4 is 5.78 Å². The molecule has 1 aliphatic heterocycles. The molecule has 0 unspecified atom stereocenters. The first-order valence-corrected chi connectivity index (χ1v) is 10.8. The second kappa shape index (κ2) is 8.79. The molecule has 1 aliphatic rings. The number of Topliss-reactive ketones (excluding diaryl/α,β-unsaturated/α-hetero) is 1. The molecule has 6 N–H and O–H groups in total. The summed E-state index contributed by atoms with van der Waals surface area (Å²) in [6.07, 6.45) is -1.85. The maximum atomic E-state index is 12.2. The molecule has 0 radical (unpaired) electrons. The van der Waals surface area contributed by atoms with Crippen molar-refractivity contribution in [1.29, 1.82) is 0 Å². The molecule has 0 spiro atoms. The third-order valence-corrected chi connectivity index (χ3v) is 6.18. The van der Waals surface area contributed by atoms with E-state index >= 15 is 0 Å². The first kappa shape index (κ1) is 23.3. The van der Waals surface area contributed by atoms with E-state index in [1.165, 1.54) is 37.3 Å². The predicted octanol–water partition coefficient (Wildman–Crippen LogP) is 3.67. The average molecular weight is 466 g/mol. The molecule has 0 fully saturated rings. The van der Waals surface area contributed by atoms with E-state index in [1.807, 2.05) is 0 Å². The van der Waals surface area contributed by atoms with E-state index in [-0.39, 0.29) is 47.4 Å². The van der Waals surface area contributed by atoms with E-state index in [9.17, 15) is 35.4 Å². The van der Waals surface area contributed by atoms with Crippen molar-refractivity contribution in [2.24, 2.45) is 0 Å². The Balaban J connectivity index is 1.88. The fourth-order valence-corrected chi connectivity index (χ4v) is 4.55. The van der Waals surface area contributed by atoms with Crippen LogP contribution in [0.25, 0.3) is 0 Å². The van der Waals surface area contributed by atoms with E-state index in [4.69, 9.17) is 4.74 Å². The van der Waals surface area contributed by atoms with Gasteiger partial charge in [-0.2, -0.15) is 0 Å². The third-order valence-electron chi connectivity index (χ3n) is 6.18. The molecule has 3 aromatic rings. The quantitative estimate of drug-likeness (QED) is 0.312. The number of aliphatic hydroxyl groups excluding tert-OH is 1. The molecule has 4 rings (SSSR count). The smallest absolute Gasteiger partial charge is 0.157 e. The normalized spacial score (nSPS) is 18.1. The van der Waals surface area contributed by atoms with Crippen molar-refractivity contribution in [1.82, 2.24) is 0 Å². The lowest BCUT2D eigenvalue weighted by molar-refractivity contribution is -0.117. The predicted molar refractivity (Wildman–Crippen MR) is 123 cm³/mol. The molecule has 3 aromatic carbocycles. The summed E-state index contributed by atoms with van der Waals surface area (Å²) >= 11 is 0. The van der Waals surface area contributed by atoms with Gasteiger partial charge in [0, 0.05) is 29.9 Å². The average Bonchev–Trinajstić information content (AvgIpc) is 2.77. The highest BCUT2D eigenvalue weighted by molar-refractivity contribution is 5.78. The van der Waals surface area contributed by atoms with Crippen LogP contribution in [0.5, 0.6) is 34.5 Å². The molecular weight excluding hydrogens is 440 g/mol. The van der Waals surface area contributed by atoms with Crippen LogP contribution in [0.1, 0.15) is 53.2 Å². The van der Waals surface area contributed by atoms with Gasteiger partial charge in [0.25, 0.3) is 0 Å². The number of hydrogen-bond acceptors (Lipinski definition) is 8. The molecule has 0 aliphatic carbocycles. The molecular formula is C26H26O8. The van der Waals surface area contributed by atoms with Crippen LogP contribution in [0.15, 0.2) is 42.5 Å². The van der Waals surface area contributed by atoms with Gasteiger partial charge in [-0.05, 0) is 60.9 Å². The number of carbonyl (C=O) groups excluding carboxylic acids is 1. The van der Waals surface area contributed by atoms with Gasteiger partial charge >= 0.3 is 0 Å². The van der Waals surface area contributed by atoms with E-state index < -0.39 is 18.1 Å². The van der Waals surface area contributed by atoms with Gasteiger partial charge in [0.2, 0.25) is 0 Å². The topological polar surface area (TPSA) is 148 Å². The van der Waals surface area contributed by atoms with E-state index in [2.05, 4.69) is 0 Å². The molecule has 1 heterocycles. The number of benzene rings is 3. The standard InChI is InChI=1S/C26H26O8/c1-12-7-20(30)17-11-23(33)25(15-4-6-19(29)22(32)10-15)34-26(17)24(12)16(8-13(2)27)14-3-5-18(28)21(31)9-14/h3-7,9-10,16,23,25,28-33H,8,11H2,1-2H3/t16-,23+,25-/m1/s1. The third kappa shape index (κ3) is 4.20. The number of carbonyl (C=O) groups is 1. The molecule has 0 saturated carbocycles. The number of ketones is 1. The Labute approximate surface area is 195 Å². The second-order valence-corrected chi connectivity index (χ2v) is 8.70. The van der Waals surface area contributed by atoms with Crippen LogP contribution in [-0.2, 0) is 11.2 Å². The van der Waals surface area contributed by atoms with E-state index in [1.54, 1.807) is 19.1 Å². The largest absolute Gasteiger partial charge is 0.508 e. The van der Waals surface area contributed by atoms with Crippen molar-refractivity contribution in [3.63, 3.8) is 0 Å². The highest BCUT2D eigenvalue weighted by atomic mass is 16.5. The fourth-order valence-electron chi connectivity index (χ4n) is 4.55. The summed E-state index contributed by atoms with van der Waals surface area (Å²) in [6, 6.07) is 9.99. The summed E-state index contributed by atoms with van der Waals surface area (Å²) in [4.78, 5) is 12.2. The fraction of sp³-hybridized carbons (Fsp3) is 0.269. The summed E-state index contributed by atoms with van der Waals surface area (Å²) in [5, 5.41) is 60.8. The molecule has 34 heavy (non-hydrogen) atoms. The van der Waals surface area contributed by atoms with Crippen LogP contribution >= 0.6 is 0 Å². The lowest BCUT2D eigenvalue weighted by Crippen LogP contribution is -2.31. The van der Waals surface area contributed by atoms with Crippen LogP contribution in [0.3, 0.4) is 0 Å². The van der Waals surface area contributed by atoms with Gasteiger partial charge < -0.3 is 35.4 Å². The SMILES string of the molecule is CC(=O)C[C@H](c1ccc(O)c(O)c1)c1c(C)cc(O)c2c1O[C@H](c1ccc(O)c(O)c1)[C@@H](O)C2. The Hall–Kier alpha value is -3.91. The van der Waals surface area contributed by atoms with Gasteiger partial charge in [-0.3, -0.25) is 4.79 Å².